The van der Waals surface area contributed by atoms with Gasteiger partial charge in [-0.3, -0.25) is 4.79 Å². The zero-order chi connectivity index (χ0) is 13.3. The number of hydrogen-bond acceptors (Lipinski definition) is 2. The molecule has 0 aliphatic carbocycles. The Labute approximate surface area is 133 Å². The number of likely N-dealkylation sites (tertiary alicyclic amines) is 1. The molecule has 1 fully saturated rings. The van der Waals surface area contributed by atoms with E-state index in [0.29, 0.717) is 23.7 Å². The van der Waals surface area contributed by atoms with Crippen LogP contribution in [0.15, 0.2) is 22.7 Å². The number of nitrogens with two attached hydrogens (primary N) is 1. The molecule has 0 aromatic heterocycles. The third kappa shape index (κ3) is 3.63. The van der Waals surface area contributed by atoms with Gasteiger partial charge in [-0.15, -0.1) is 12.4 Å². The first kappa shape index (κ1) is 16.8. The van der Waals surface area contributed by atoms with Crippen LogP contribution in [0.3, 0.4) is 0 Å². The predicted octanol–water partition coefficient (Wildman–Crippen LogP) is 3.34. The maximum atomic E-state index is 12.4. The molecule has 1 aromatic rings. The van der Waals surface area contributed by atoms with Crippen LogP contribution in [-0.2, 0) is 0 Å². The van der Waals surface area contributed by atoms with Crippen molar-refractivity contribution in [3.05, 3.63) is 33.3 Å². The molecule has 3 nitrogen and oxygen atoms in total. The summed E-state index contributed by atoms with van der Waals surface area (Å²) in [6.07, 6.45) is 0.948. The van der Waals surface area contributed by atoms with Crippen LogP contribution in [0.1, 0.15) is 23.7 Å². The zero-order valence-corrected chi connectivity index (χ0v) is 13.8. The molecule has 2 N–H and O–H groups in total. The summed E-state index contributed by atoms with van der Waals surface area (Å²) in [5.41, 5.74) is 6.34. The van der Waals surface area contributed by atoms with Crippen LogP contribution in [-0.4, -0.2) is 30.4 Å². The number of amides is 1. The molecule has 1 aliphatic rings. The van der Waals surface area contributed by atoms with Gasteiger partial charge in [0.1, 0.15) is 0 Å². The molecule has 1 atom stereocenters. The van der Waals surface area contributed by atoms with Gasteiger partial charge in [-0.1, -0.05) is 34.5 Å². The first-order valence-corrected chi connectivity index (χ1v) is 7.07. The first-order chi connectivity index (χ1) is 8.45. The molecule has 106 valence electrons. The van der Waals surface area contributed by atoms with Gasteiger partial charge in [0.2, 0.25) is 0 Å². The molecular formula is C13H17BrCl2N2O. The highest BCUT2D eigenvalue weighted by atomic mass is 79.9. The molecule has 1 aliphatic heterocycles. The third-order valence-corrected chi connectivity index (χ3v) is 4.31. The van der Waals surface area contributed by atoms with Crippen molar-refractivity contribution in [1.82, 2.24) is 4.90 Å². The quantitative estimate of drug-likeness (QED) is 0.871. The van der Waals surface area contributed by atoms with E-state index in [4.69, 9.17) is 17.3 Å². The number of hydrogen-bond donors (Lipinski definition) is 1. The zero-order valence-electron chi connectivity index (χ0n) is 10.7. The van der Waals surface area contributed by atoms with E-state index in [1.54, 1.807) is 12.1 Å². The van der Waals surface area contributed by atoms with E-state index in [0.717, 1.165) is 17.4 Å². The minimum Gasteiger partial charge on any atom is -0.338 e. The molecule has 0 spiro atoms. The van der Waals surface area contributed by atoms with Crippen LogP contribution in [0.4, 0.5) is 0 Å². The maximum Gasteiger partial charge on any atom is 0.255 e. The summed E-state index contributed by atoms with van der Waals surface area (Å²) in [5.74, 6) is -0.00956. The van der Waals surface area contributed by atoms with Gasteiger partial charge in [-0.25, -0.2) is 0 Å². The van der Waals surface area contributed by atoms with E-state index in [2.05, 4.69) is 22.9 Å². The van der Waals surface area contributed by atoms with Gasteiger partial charge in [0.25, 0.3) is 5.91 Å². The fraction of sp³-hybridized carbons (Fsp3) is 0.462. The molecule has 1 aromatic carbocycles. The summed E-state index contributed by atoms with van der Waals surface area (Å²) in [6.45, 7) is 4.17. The lowest BCUT2D eigenvalue weighted by atomic mass is 9.90. The summed E-state index contributed by atoms with van der Waals surface area (Å²) in [7, 11) is 0. The molecule has 1 saturated heterocycles. The molecule has 1 heterocycles. The number of rotatable bonds is 2. The van der Waals surface area contributed by atoms with E-state index in [9.17, 15) is 4.79 Å². The Morgan fingerprint density at radius 2 is 2.26 bits per heavy atom. The monoisotopic (exact) mass is 366 g/mol. The number of carbonyl (C=O) groups excluding carboxylic acids is 1. The SMILES string of the molecule is CC1(CN)CCN(C(=O)c2ccc(Br)cc2Cl)C1.Cl. The molecule has 0 saturated carbocycles. The van der Waals surface area contributed by atoms with Crippen molar-refractivity contribution < 1.29 is 4.79 Å². The first-order valence-electron chi connectivity index (χ1n) is 5.90. The average Bonchev–Trinajstić information content (AvgIpc) is 2.72. The fourth-order valence-corrected chi connectivity index (χ4v) is 2.95. The normalized spacial score (nSPS) is 22.2. The predicted molar refractivity (Wildman–Crippen MR) is 84.1 cm³/mol. The van der Waals surface area contributed by atoms with E-state index in [-0.39, 0.29) is 23.7 Å². The number of halogens is 3. The molecular weight excluding hydrogens is 351 g/mol. The van der Waals surface area contributed by atoms with Crippen molar-refractivity contribution in [2.24, 2.45) is 11.1 Å². The van der Waals surface area contributed by atoms with Crippen LogP contribution in [0.5, 0.6) is 0 Å². The highest BCUT2D eigenvalue weighted by Crippen LogP contribution is 2.31. The smallest absolute Gasteiger partial charge is 0.255 e. The van der Waals surface area contributed by atoms with Crippen LogP contribution in [0, 0.1) is 5.41 Å². The third-order valence-electron chi connectivity index (χ3n) is 3.50. The van der Waals surface area contributed by atoms with Crippen LogP contribution in [0.25, 0.3) is 0 Å². The van der Waals surface area contributed by atoms with Crippen molar-refractivity contribution in [3.8, 4) is 0 Å². The minimum atomic E-state index is -0.00956. The standard InChI is InChI=1S/C13H16BrClN2O.ClH/c1-13(7-16)4-5-17(8-13)12(18)10-3-2-9(14)6-11(10)15;/h2-3,6H,4-5,7-8,16H2,1H3;1H. The summed E-state index contributed by atoms with van der Waals surface area (Å²) in [6, 6.07) is 5.33. The molecule has 0 radical (unpaired) electrons. The highest BCUT2D eigenvalue weighted by molar-refractivity contribution is 9.10. The van der Waals surface area contributed by atoms with Crippen LogP contribution in [0.2, 0.25) is 5.02 Å². The Morgan fingerprint density at radius 3 is 2.79 bits per heavy atom. The molecule has 19 heavy (non-hydrogen) atoms. The second-order valence-corrected chi connectivity index (χ2v) is 6.44. The van der Waals surface area contributed by atoms with Gasteiger partial charge in [-0.05, 0) is 36.6 Å². The van der Waals surface area contributed by atoms with Gasteiger partial charge in [0.15, 0.2) is 0 Å². The lowest BCUT2D eigenvalue weighted by Crippen LogP contribution is -2.34. The summed E-state index contributed by atoms with van der Waals surface area (Å²) in [4.78, 5) is 14.2. The maximum absolute atomic E-state index is 12.4. The Kier molecular flexibility index (Phi) is 5.68. The Balaban J connectivity index is 0.00000180. The Morgan fingerprint density at radius 1 is 1.58 bits per heavy atom. The molecule has 6 heteroatoms. The van der Waals surface area contributed by atoms with Crippen molar-refractivity contribution in [1.29, 1.82) is 0 Å². The average molecular weight is 368 g/mol. The number of nitrogens with zero attached hydrogens (tertiary/aromatic N) is 1. The Hall–Kier alpha value is -0.290. The van der Waals surface area contributed by atoms with E-state index >= 15 is 0 Å². The lowest BCUT2D eigenvalue weighted by molar-refractivity contribution is 0.0777. The topological polar surface area (TPSA) is 46.3 Å². The summed E-state index contributed by atoms with van der Waals surface area (Å²) in [5, 5.41) is 0.482. The molecule has 1 amide bonds. The number of carbonyl (C=O) groups is 1. The van der Waals surface area contributed by atoms with Gasteiger partial charge < -0.3 is 10.6 Å². The lowest BCUT2D eigenvalue weighted by Gasteiger charge is -2.22. The molecule has 1 unspecified atom stereocenters. The second kappa shape index (κ2) is 6.44. The van der Waals surface area contributed by atoms with Gasteiger partial charge >= 0.3 is 0 Å². The molecule has 2 rings (SSSR count). The number of benzene rings is 1. The van der Waals surface area contributed by atoms with Gasteiger partial charge in [-0.2, -0.15) is 0 Å². The van der Waals surface area contributed by atoms with E-state index < -0.39 is 0 Å². The van der Waals surface area contributed by atoms with E-state index in [1.807, 2.05) is 11.0 Å². The van der Waals surface area contributed by atoms with Crippen LogP contribution < -0.4 is 5.73 Å². The fourth-order valence-electron chi connectivity index (χ4n) is 2.20. The molecule has 0 bridgehead atoms. The second-order valence-electron chi connectivity index (χ2n) is 5.12. The van der Waals surface area contributed by atoms with Crippen LogP contribution >= 0.6 is 39.9 Å². The Bertz CT molecular complexity index is 484. The van der Waals surface area contributed by atoms with Crippen molar-refractivity contribution in [2.45, 2.75) is 13.3 Å². The van der Waals surface area contributed by atoms with Crippen molar-refractivity contribution >= 4 is 45.8 Å². The van der Waals surface area contributed by atoms with E-state index in [1.165, 1.54) is 0 Å². The summed E-state index contributed by atoms with van der Waals surface area (Å²) >= 11 is 9.44. The van der Waals surface area contributed by atoms with Gasteiger partial charge in [0, 0.05) is 17.6 Å². The van der Waals surface area contributed by atoms with Gasteiger partial charge in [0.05, 0.1) is 10.6 Å². The van der Waals surface area contributed by atoms with Crippen molar-refractivity contribution in [2.75, 3.05) is 19.6 Å². The summed E-state index contributed by atoms with van der Waals surface area (Å²) < 4.78 is 0.872. The highest BCUT2D eigenvalue weighted by Gasteiger charge is 2.35. The van der Waals surface area contributed by atoms with Crippen molar-refractivity contribution in [3.63, 3.8) is 0 Å². The minimum absolute atomic E-state index is 0. The largest absolute Gasteiger partial charge is 0.338 e.